The van der Waals surface area contributed by atoms with Gasteiger partial charge in [0, 0.05) is 28.6 Å². The zero-order valence-electron chi connectivity index (χ0n) is 12.6. The number of fused-ring (bicyclic) bond motifs is 1. The number of imide groups is 1. The molecule has 2 atom stereocenters. The van der Waals surface area contributed by atoms with E-state index in [-0.39, 0.29) is 5.78 Å². The summed E-state index contributed by atoms with van der Waals surface area (Å²) in [6.07, 6.45) is 1.83. The molecule has 24 heavy (non-hydrogen) atoms. The molecule has 2 heterocycles. The number of nitrogens with zero attached hydrogens (tertiary/aromatic N) is 1. The summed E-state index contributed by atoms with van der Waals surface area (Å²) in [6, 6.07) is 6.53. The summed E-state index contributed by atoms with van der Waals surface area (Å²) in [4.78, 5) is 41.1. The van der Waals surface area contributed by atoms with Gasteiger partial charge in [0.25, 0.3) is 0 Å². The molecule has 0 radical (unpaired) electrons. The van der Waals surface area contributed by atoms with Crippen LogP contribution in [-0.2, 0) is 9.59 Å². The zero-order valence-corrected chi connectivity index (χ0v) is 13.4. The number of rotatable bonds is 1. The lowest BCUT2D eigenvalue weighted by Gasteiger charge is -2.37. The minimum Gasteiger partial charge on any atom is -0.295 e. The normalized spacial score (nSPS) is 26.2. The van der Waals surface area contributed by atoms with Gasteiger partial charge in [-0.3, -0.25) is 20.2 Å². The van der Waals surface area contributed by atoms with Gasteiger partial charge in [-0.15, -0.1) is 0 Å². The molecule has 2 unspecified atom stereocenters. The van der Waals surface area contributed by atoms with Gasteiger partial charge < -0.3 is 0 Å². The van der Waals surface area contributed by atoms with Crippen molar-refractivity contribution < 1.29 is 14.4 Å². The number of ketones is 1. The molecule has 122 valence electrons. The maximum absolute atomic E-state index is 12.6. The molecule has 2 N–H and O–H groups in total. The molecule has 1 aromatic rings. The van der Waals surface area contributed by atoms with Crippen molar-refractivity contribution in [2.75, 3.05) is 0 Å². The van der Waals surface area contributed by atoms with E-state index in [0.717, 1.165) is 12.0 Å². The highest BCUT2D eigenvalue weighted by atomic mass is 35.5. The number of carbonyl (C=O) groups is 3. The average molecular weight is 344 g/mol. The van der Waals surface area contributed by atoms with E-state index in [4.69, 9.17) is 11.6 Å². The molecule has 1 fully saturated rings. The Balaban J connectivity index is 1.92. The van der Waals surface area contributed by atoms with Gasteiger partial charge >= 0.3 is 6.03 Å². The van der Waals surface area contributed by atoms with Gasteiger partial charge in [0.05, 0.1) is 0 Å². The SMILES string of the molecule is O=C1NC(=O)C2C(=NC3=C(C(=O)CCC3)C2c2cccc(Cl)c2)N1. The molecule has 0 bridgehead atoms. The fraction of sp³-hybridized carbons (Fsp3) is 0.294. The van der Waals surface area contributed by atoms with Gasteiger partial charge in [-0.2, -0.15) is 0 Å². The van der Waals surface area contributed by atoms with Gasteiger partial charge in [-0.05, 0) is 30.5 Å². The molecule has 0 spiro atoms. The lowest BCUT2D eigenvalue weighted by Crippen LogP contribution is -2.58. The summed E-state index contributed by atoms with van der Waals surface area (Å²) in [6.45, 7) is 0. The Hall–Kier alpha value is -2.47. The highest BCUT2D eigenvalue weighted by Crippen LogP contribution is 2.43. The number of allylic oxidation sites excluding steroid dienone is 2. The van der Waals surface area contributed by atoms with Crippen LogP contribution < -0.4 is 10.6 Å². The molecular weight excluding hydrogens is 330 g/mol. The third kappa shape index (κ3) is 2.34. The van der Waals surface area contributed by atoms with Crippen molar-refractivity contribution in [1.29, 1.82) is 0 Å². The molecular formula is C17H14ClN3O3. The molecule has 6 nitrogen and oxygen atoms in total. The van der Waals surface area contributed by atoms with E-state index in [9.17, 15) is 14.4 Å². The first-order chi connectivity index (χ1) is 11.5. The maximum Gasteiger partial charge on any atom is 0.326 e. The zero-order chi connectivity index (χ0) is 16.8. The number of benzene rings is 1. The van der Waals surface area contributed by atoms with Crippen LogP contribution in [0.2, 0.25) is 5.02 Å². The van der Waals surface area contributed by atoms with Crippen LogP contribution in [0, 0.1) is 5.92 Å². The molecule has 1 aliphatic carbocycles. The van der Waals surface area contributed by atoms with E-state index in [1.165, 1.54) is 0 Å². The average Bonchev–Trinajstić information content (AvgIpc) is 2.53. The molecule has 0 saturated carbocycles. The molecule has 1 aromatic carbocycles. The Labute approximate surface area is 143 Å². The minimum absolute atomic E-state index is 0.00808. The molecule has 2 aliphatic heterocycles. The number of urea groups is 1. The number of amides is 3. The first kappa shape index (κ1) is 15.1. The molecule has 1 saturated heterocycles. The molecule has 3 amide bonds. The number of nitrogens with one attached hydrogen (secondary N) is 2. The van der Waals surface area contributed by atoms with Crippen molar-refractivity contribution in [2.45, 2.75) is 25.2 Å². The fourth-order valence-electron chi connectivity index (χ4n) is 3.63. The van der Waals surface area contributed by atoms with Crippen molar-refractivity contribution in [3.05, 3.63) is 46.1 Å². The van der Waals surface area contributed by atoms with E-state index in [2.05, 4.69) is 15.6 Å². The van der Waals surface area contributed by atoms with Crippen molar-refractivity contribution in [3.63, 3.8) is 0 Å². The Morgan fingerprint density at radius 2 is 1.92 bits per heavy atom. The van der Waals surface area contributed by atoms with E-state index >= 15 is 0 Å². The summed E-state index contributed by atoms with van der Waals surface area (Å²) < 4.78 is 0. The van der Waals surface area contributed by atoms with Crippen LogP contribution in [0.3, 0.4) is 0 Å². The van der Waals surface area contributed by atoms with Crippen LogP contribution in [0.25, 0.3) is 0 Å². The van der Waals surface area contributed by atoms with Crippen LogP contribution in [0.15, 0.2) is 40.5 Å². The Morgan fingerprint density at radius 1 is 1.08 bits per heavy atom. The van der Waals surface area contributed by atoms with E-state index in [1.807, 2.05) is 6.07 Å². The first-order valence-electron chi connectivity index (χ1n) is 7.77. The van der Waals surface area contributed by atoms with Crippen molar-refractivity contribution in [3.8, 4) is 0 Å². The predicted octanol–water partition coefficient (Wildman–Crippen LogP) is 2.30. The fourth-order valence-corrected chi connectivity index (χ4v) is 3.83. The van der Waals surface area contributed by atoms with E-state index in [0.29, 0.717) is 35.0 Å². The standard InChI is InChI=1S/C17H14ClN3O3/c18-9-4-1-3-8(7-9)12-13-10(5-2-6-11(13)22)19-15-14(12)16(23)21-17(24)20-15/h1,3-4,7,12,14H,2,5-6H2,(H2,19,20,21,23,24). The van der Waals surface area contributed by atoms with Crippen LogP contribution in [0.1, 0.15) is 30.7 Å². The van der Waals surface area contributed by atoms with E-state index < -0.39 is 23.8 Å². The van der Waals surface area contributed by atoms with Crippen molar-refractivity contribution in [1.82, 2.24) is 10.6 Å². The van der Waals surface area contributed by atoms with E-state index in [1.54, 1.807) is 18.2 Å². The van der Waals surface area contributed by atoms with Gasteiger partial charge in [-0.1, -0.05) is 23.7 Å². The quantitative estimate of drug-likeness (QED) is 0.820. The van der Waals surface area contributed by atoms with Crippen LogP contribution in [-0.4, -0.2) is 23.6 Å². The Kier molecular flexibility index (Phi) is 3.49. The lowest BCUT2D eigenvalue weighted by molar-refractivity contribution is -0.122. The second-order valence-corrected chi connectivity index (χ2v) is 6.52. The summed E-state index contributed by atoms with van der Waals surface area (Å²) in [5.74, 6) is -1.36. The summed E-state index contributed by atoms with van der Waals surface area (Å²) in [5.41, 5.74) is 2.01. The Morgan fingerprint density at radius 3 is 2.71 bits per heavy atom. The molecule has 7 heteroatoms. The second kappa shape index (κ2) is 5.56. The minimum atomic E-state index is -0.734. The first-order valence-corrected chi connectivity index (χ1v) is 8.14. The number of halogens is 1. The number of hydrogen-bond donors (Lipinski definition) is 2. The van der Waals surface area contributed by atoms with Gasteiger partial charge in [0.1, 0.15) is 11.8 Å². The number of aliphatic imine (C=N–C) groups is 1. The smallest absolute Gasteiger partial charge is 0.295 e. The highest BCUT2D eigenvalue weighted by molar-refractivity contribution is 6.30. The second-order valence-electron chi connectivity index (χ2n) is 6.09. The molecule has 3 aliphatic rings. The summed E-state index contributed by atoms with van der Waals surface area (Å²) >= 11 is 6.11. The monoisotopic (exact) mass is 343 g/mol. The number of hydrogen-bond acceptors (Lipinski definition) is 4. The maximum atomic E-state index is 12.6. The van der Waals surface area contributed by atoms with Crippen molar-refractivity contribution in [2.24, 2.45) is 10.9 Å². The topological polar surface area (TPSA) is 87.6 Å². The molecule has 0 aromatic heterocycles. The number of carbonyl (C=O) groups excluding carboxylic acids is 3. The van der Waals surface area contributed by atoms with Crippen LogP contribution in [0.5, 0.6) is 0 Å². The van der Waals surface area contributed by atoms with Gasteiger partial charge in [0.2, 0.25) is 5.91 Å². The highest BCUT2D eigenvalue weighted by Gasteiger charge is 2.46. The van der Waals surface area contributed by atoms with Gasteiger partial charge in [0.15, 0.2) is 5.78 Å². The number of amidine groups is 1. The Bertz CT molecular complexity index is 843. The largest absolute Gasteiger partial charge is 0.326 e. The molecule has 4 rings (SSSR count). The van der Waals surface area contributed by atoms with Gasteiger partial charge in [-0.25, -0.2) is 9.79 Å². The number of Topliss-reactive ketones (excluding diaryl/α,β-unsaturated/α-hetero) is 1. The van der Waals surface area contributed by atoms with Crippen LogP contribution >= 0.6 is 11.6 Å². The summed E-state index contributed by atoms with van der Waals surface area (Å²) in [5, 5.41) is 5.41. The summed E-state index contributed by atoms with van der Waals surface area (Å²) in [7, 11) is 0. The van der Waals surface area contributed by atoms with Crippen molar-refractivity contribution >= 4 is 35.2 Å². The predicted molar refractivity (Wildman–Crippen MR) is 87.7 cm³/mol. The third-order valence-corrected chi connectivity index (χ3v) is 4.83. The van der Waals surface area contributed by atoms with Crippen LogP contribution in [0.4, 0.5) is 4.79 Å². The third-order valence-electron chi connectivity index (χ3n) is 4.59. The lowest BCUT2D eigenvalue weighted by atomic mass is 9.72.